The summed E-state index contributed by atoms with van der Waals surface area (Å²) < 4.78 is 0. The summed E-state index contributed by atoms with van der Waals surface area (Å²) in [5.74, 6) is -1.68. The molecule has 0 fully saturated rings. The van der Waals surface area contributed by atoms with E-state index in [1.165, 1.54) is 0 Å². The SMILES string of the molecule is NC(=O)CN1C(=O)C=CC1=O. The quantitative estimate of drug-likeness (QED) is 0.486. The van der Waals surface area contributed by atoms with Crippen molar-refractivity contribution >= 4 is 17.7 Å². The minimum absolute atomic E-state index is 0.343. The van der Waals surface area contributed by atoms with Crippen LogP contribution in [0.4, 0.5) is 0 Å². The molecular weight excluding hydrogens is 148 g/mol. The summed E-state index contributed by atoms with van der Waals surface area (Å²) in [6.45, 7) is -0.343. The molecule has 1 aliphatic rings. The number of nitrogens with zero attached hydrogens (tertiary/aromatic N) is 1. The van der Waals surface area contributed by atoms with Crippen molar-refractivity contribution in [3.63, 3.8) is 0 Å². The van der Waals surface area contributed by atoms with E-state index in [0.29, 0.717) is 0 Å². The molecule has 2 N–H and O–H groups in total. The second kappa shape index (κ2) is 2.53. The second-order valence-corrected chi connectivity index (χ2v) is 2.06. The van der Waals surface area contributed by atoms with Crippen LogP contribution in [0.1, 0.15) is 0 Å². The first-order valence-corrected chi connectivity index (χ1v) is 2.93. The maximum Gasteiger partial charge on any atom is 0.254 e. The summed E-state index contributed by atoms with van der Waals surface area (Å²) in [4.78, 5) is 32.5. The Labute approximate surface area is 62.5 Å². The third-order valence-corrected chi connectivity index (χ3v) is 1.21. The third-order valence-electron chi connectivity index (χ3n) is 1.21. The van der Waals surface area contributed by atoms with E-state index >= 15 is 0 Å². The van der Waals surface area contributed by atoms with Gasteiger partial charge in [-0.1, -0.05) is 0 Å². The Bertz CT molecular complexity index is 239. The van der Waals surface area contributed by atoms with Crippen LogP contribution in [0.5, 0.6) is 0 Å². The van der Waals surface area contributed by atoms with Gasteiger partial charge in [-0.2, -0.15) is 0 Å². The molecule has 5 heteroatoms. The van der Waals surface area contributed by atoms with Crippen molar-refractivity contribution in [2.45, 2.75) is 0 Å². The molecular formula is C6H6N2O3. The van der Waals surface area contributed by atoms with E-state index in [-0.39, 0.29) is 6.54 Å². The predicted octanol–water partition coefficient (Wildman–Crippen LogP) is -1.60. The molecule has 5 nitrogen and oxygen atoms in total. The van der Waals surface area contributed by atoms with Gasteiger partial charge in [0.2, 0.25) is 5.91 Å². The number of imide groups is 1. The highest BCUT2D eigenvalue weighted by Crippen LogP contribution is 2.01. The number of amides is 3. The minimum Gasteiger partial charge on any atom is -0.368 e. The number of hydrogen-bond donors (Lipinski definition) is 1. The maximum absolute atomic E-state index is 10.7. The molecule has 0 aromatic carbocycles. The van der Waals surface area contributed by atoms with Crippen LogP contribution in [-0.4, -0.2) is 29.2 Å². The zero-order valence-corrected chi connectivity index (χ0v) is 5.61. The predicted molar refractivity (Wildman–Crippen MR) is 35.1 cm³/mol. The van der Waals surface area contributed by atoms with Crippen LogP contribution in [0, 0.1) is 0 Å². The number of nitrogens with two attached hydrogens (primary N) is 1. The molecule has 11 heavy (non-hydrogen) atoms. The third kappa shape index (κ3) is 1.43. The molecule has 58 valence electrons. The van der Waals surface area contributed by atoms with Gasteiger partial charge in [0, 0.05) is 12.2 Å². The highest BCUT2D eigenvalue weighted by atomic mass is 16.2. The van der Waals surface area contributed by atoms with E-state index in [0.717, 1.165) is 17.1 Å². The van der Waals surface area contributed by atoms with E-state index in [1.807, 2.05) is 0 Å². The summed E-state index contributed by atoms with van der Waals surface area (Å²) in [5, 5.41) is 0. The standard InChI is InChI=1S/C6H6N2O3/c7-4(9)3-8-5(10)1-2-6(8)11/h1-2H,3H2,(H2,7,9). The fraction of sp³-hybridized carbons (Fsp3) is 0.167. The molecule has 0 aromatic rings. The van der Waals surface area contributed by atoms with Gasteiger partial charge in [-0.05, 0) is 0 Å². The Morgan fingerprint density at radius 3 is 2.18 bits per heavy atom. The largest absolute Gasteiger partial charge is 0.368 e. The summed E-state index contributed by atoms with van der Waals surface area (Å²) in [6, 6.07) is 0. The Hall–Kier alpha value is -1.65. The van der Waals surface area contributed by atoms with E-state index in [4.69, 9.17) is 5.73 Å². The van der Waals surface area contributed by atoms with E-state index in [9.17, 15) is 14.4 Å². The van der Waals surface area contributed by atoms with Crippen LogP contribution in [-0.2, 0) is 14.4 Å². The maximum atomic E-state index is 10.7. The van der Waals surface area contributed by atoms with Crippen LogP contribution >= 0.6 is 0 Å². The lowest BCUT2D eigenvalue weighted by Gasteiger charge is -2.09. The number of hydrogen-bond acceptors (Lipinski definition) is 3. The molecule has 0 atom stereocenters. The Morgan fingerprint density at radius 2 is 1.82 bits per heavy atom. The first-order valence-electron chi connectivity index (χ1n) is 2.93. The van der Waals surface area contributed by atoms with E-state index < -0.39 is 17.7 Å². The molecule has 1 rings (SSSR count). The Balaban J connectivity index is 2.66. The van der Waals surface area contributed by atoms with Gasteiger partial charge < -0.3 is 5.73 Å². The molecule has 0 spiro atoms. The normalized spacial score (nSPS) is 16.2. The average molecular weight is 154 g/mol. The van der Waals surface area contributed by atoms with Crippen LogP contribution in [0.3, 0.4) is 0 Å². The molecule has 0 aromatic heterocycles. The first kappa shape index (κ1) is 7.46. The topological polar surface area (TPSA) is 80.5 Å². The molecule has 1 heterocycles. The van der Waals surface area contributed by atoms with Gasteiger partial charge in [-0.3, -0.25) is 19.3 Å². The lowest BCUT2D eigenvalue weighted by Crippen LogP contribution is -2.37. The molecule has 0 saturated heterocycles. The summed E-state index contributed by atoms with van der Waals surface area (Å²) >= 11 is 0. The monoisotopic (exact) mass is 154 g/mol. The first-order chi connectivity index (χ1) is 5.11. The zero-order chi connectivity index (χ0) is 8.43. The van der Waals surface area contributed by atoms with Crippen molar-refractivity contribution in [2.24, 2.45) is 5.73 Å². The number of carbonyl (C=O) groups is 3. The van der Waals surface area contributed by atoms with Crippen LogP contribution < -0.4 is 5.73 Å². The fourth-order valence-corrected chi connectivity index (χ4v) is 0.743. The molecule has 0 unspecified atom stereocenters. The minimum atomic E-state index is -0.699. The van der Waals surface area contributed by atoms with Gasteiger partial charge in [0.25, 0.3) is 11.8 Å². The van der Waals surface area contributed by atoms with Gasteiger partial charge in [0.15, 0.2) is 0 Å². The highest BCUT2D eigenvalue weighted by Gasteiger charge is 2.24. The van der Waals surface area contributed by atoms with Crippen molar-refractivity contribution < 1.29 is 14.4 Å². The highest BCUT2D eigenvalue weighted by molar-refractivity contribution is 6.14. The van der Waals surface area contributed by atoms with Crippen LogP contribution in [0.2, 0.25) is 0 Å². The Morgan fingerprint density at radius 1 is 1.36 bits per heavy atom. The van der Waals surface area contributed by atoms with Gasteiger partial charge in [-0.25, -0.2) is 0 Å². The van der Waals surface area contributed by atoms with Gasteiger partial charge in [0.05, 0.1) is 0 Å². The molecule has 0 radical (unpaired) electrons. The van der Waals surface area contributed by atoms with Crippen LogP contribution in [0.15, 0.2) is 12.2 Å². The molecule has 3 amide bonds. The van der Waals surface area contributed by atoms with E-state index in [1.54, 1.807) is 0 Å². The average Bonchev–Trinajstić information content (AvgIpc) is 2.18. The number of carbonyl (C=O) groups excluding carboxylic acids is 3. The van der Waals surface area contributed by atoms with Crippen molar-refractivity contribution in [1.82, 2.24) is 4.90 Å². The second-order valence-electron chi connectivity index (χ2n) is 2.06. The Kier molecular flexibility index (Phi) is 1.72. The number of rotatable bonds is 2. The molecule has 0 bridgehead atoms. The van der Waals surface area contributed by atoms with E-state index in [2.05, 4.69) is 0 Å². The fourth-order valence-electron chi connectivity index (χ4n) is 0.743. The van der Waals surface area contributed by atoms with Gasteiger partial charge in [0.1, 0.15) is 6.54 Å². The van der Waals surface area contributed by atoms with Crippen molar-refractivity contribution in [2.75, 3.05) is 6.54 Å². The summed E-state index contributed by atoms with van der Waals surface area (Å²) in [7, 11) is 0. The van der Waals surface area contributed by atoms with Gasteiger partial charge >= 0.3 is 0 Å². The van der Waals surface area contributed by atoms with Crippen molar-refractivity contribution in [3.8, 4) is 0 Å². The lowest BCUT2D eigenvalue weighted by atomic mass is 10.5. The van der Waals surface area contributed by atoms with Crippen molar-refractivity contribution in [3.05, 3.63) is 12.2 Å². The smallest absolute Gasteiger partial charge is 0.254 e. The zero-order valence-electron chi connectivity index (χ0n) is 5.61. The van der Waals surface area contributed by atoms with Crippen molar-refractivity contribution in [1.29, 1.82) is 0 Å². The molecule has 0 aliphatic carbocycles. The molecule has 0 saturated carbocycles. The van der Waals surface area contributed by atoms with Gasteiger partial charge in [-0.15, -0.1) is 0 Å². The number of primary amides is 1. The summed E-state index contributed by atoms with van der Waals surface area (Å²) in [6.07, 6.45) is 2.20. The summed E-state index contributed by atoms with van der Waals surface area (Å²) in [5.41, 5.74) is 4.78. The van der Waals surface area contributed by atoms with Crippen LogP contribution in [0.25, 0.3) is 0 Å². The molecule has 1 aliphatic heterocycles. The lowest BCUT2D eigenvalue weighted by molar-refractivity contribution is -0.140.